The van der Waals surface area contributed by atoms with Gasteiger partial charge in [0.15, 0.2) is 11.6 Å². The van der Waals surface area contributed by atoms with Crippen LogP contribution in [0.15, 0.2) is 192 Å². The first-order valence-electron chi connectivity index (χ1n) is 19.1. The minimum atomic E-state index is 0.553. The first kappa shape index (κ1) is 31.5. The van der Waals surface area contributed by atoms with Crippen molar-refractivity contribution in [1.82, 2.24) is 24.1 Å². The lowest BCUT2D eigenvalue weighted by atomic mass is 9.99. The van der Waals surface area contributed by atoms with E-state index in [1.54, 1.807) is 0 Å². The number of furan rings is 1. The zero-order chi connectivity index (χ0) is 37.5. The van der Waals surface area contributed by atoms with Gasteiger partial charge in [0, 0.05) is 38.1 Å². The quantitative estimate of drug-likeness (QED) is 0.177. The summed E-state index contributed by atoms with van der Waals surface area (Å²) in [5, 5.41) is 6.64. The number of para-hydroxylation sites is 3. The third-order valence-corrected chi connectivity index (χ3v) is 11.2. The summed E-state index contributed by atoms with van der Waals surface area (Å²) in [7, 11) is 0. The van der Waals surface area contributed by atoms with Gasteiger partial charge >= 0.3 is 0 Å². The Morgan fingerprint density at radius 3 is 1.58 bits per heavy atom. The molecule has 0 saturated carbocycles. The minimum Gasteiger partial charge on any atom is -0.456 e. The van der Waals surface area contributed by atoms with Crippen molar-refractivity contribution in [2.24, 2.45) is 0 Å². The van der Waals surface area contributed by atoms with Gasteiger partial charge < -0.3 is 8.98 Å². The smallest absolute Gasteiger partial charge is 0.238 e. The van der Waals surface area contributed by atoms with E-state index in [-0.39, 0.29) is 0 Å². The molecule has 0 aliphatic rings. The molecule has 8 aromatic carbocycles. The summed E-state index contributed by atoms with van der Waals surface area (Å²) in [6, 6.07) is 65.4. The van der Waals surface area contributed by atoms with Crippen LogP contribution < -0.4 is 0 Å². The van der Waals surface area contributed by atoms with Gasteiger partial charge in [0.25, 0.3) is 0 Å². The van der Waals surface area contributed by atoms with Crippen molar-refractivity contribution in [1.29, 1.82) is 0 Å². The SMILES string of the molecule is c1ccc(-c2nc(-c3cccc4oc5cccc(-n6c7ccccc7c7c(-c8ccccc8)cccc76)c5c34)nc(-n3c4ccccc4c4ccccc43)n2)cc1. The van der Waals surface area contributed by atoms with E-state index >= 15 is 0 Å². The maximum absolute atomic E-state index is 6.71. The molecule has 0 fully saturated rings. The molecule has 6 heteroatoms. The fourth-order valence-electron chi connectivity index (χ4n) is 8.80. The van der Waals surface area contributed by atoms with Gasteiger partial charge in [0.05, 0.1) is 33.1 Å². The van der Waals surface area contributed by atoms with E-state index in [2.05, 4.69) is 155 Å². The maximum Gasteiger partial charge on any atom is 0.238 e. The number of aromatic nitrogens is 5. The molecular formula is C51H31N5O. The van der Waals surface area contributed by atoms with Gasteiger partial charge in [-0.05, 0) is 53.6 Å². The molecular weight excluding hydrogens is 699 g/mol. The van der Waals surface area contributed by atoms with Crippen LogP contribution >= 0.6 is 0 Å². The molecule has 6 nitrogen and oxygen atoms in total. The number of hydrogen-bond acceptors (Lipinski definition) is 4. The van der Waals surface area contributed by atoms with E-state index in [0.29, 0.717) is 17.6 Å². The van der Waals surface area contributed by atoms with Crippen LogP contribution in [-0.4, -0.2) is 24.1 Å². The predicted octanol–water partition coefficient (Wildman–Crippen LogP) is 13.0. The summed E-state index contributed by atoms with van der Waals surface area (Å²) in [5.41, 5.74) is 11.0. The van der Waals surface area contributed by atoms with Crippen molar-refractivity contribution < 1.29 is 4.42 Å². The summed E-state index contributed by atoms with van der Waals surface area (Å²) in [4.78, 5) is 15.7. The van der Waals surface area contributed by atoms with Crippen LogP contribution in [0, 0.1) is 0 Å². The van der Waals surface area contributed by atoms with Crippen LogP contribution in [0.25, 0.3) is 111 Å². The van der Waals surface area contributed by atoms with Crippen LogP contribution in [0.4, 0.5) is 0 Å². The predicted molar refractivity (Wildman–Crippen MR) is 232 cm³/mol. The van der Waals surface area contributed by atoms with E-state index in [1.165, 1.54) is 21.9 Å². The monoisotopic (exact) mass is 729 g/mol. The lowest BCUT2D eigenvalue weighted by Crippen LogP contribution is -2.06. The second-order valence-corrected chi connectivity index (χ2v) is 14.4. The van der Waals surface area contributed by atoms with Gasteiger partial charge in [-0.25, -0.2) is 4.98 Å². The lowest BCUT2D eigenvalue weighted by molar-refractivity contribution is 0.669. The molecule has 0 atom stereocenters. The first-order chi connectivity index (χ1) is 28.3. The van der Waals surface area contributed by atoms with E-state index in [9.17, 15) is 0 Å². The fraction of sp³-hybridized carbons (Fsp3) is 0. The van der Waals surface area contributed by atoms with Gasteiger partial charge in [0.2, 0.25) is 5.95 Å². The Bertz CT molecular complexity index is 3470. The number of hydrogen-bond donors (Lipinski definition) is 0. The van der Waals surface area contributed by atoms with E-state index in [4.69, 9.17) is 19.4 Å². The highest BCUT2D eigenvalue weighted by Gasteiger charge is 2.24. The topological polar surface area (TPSA) is 61.7 Å². The molecule has 4 aromatic heterocycles. The van der Waals surface area contributed by atoms with Crippen LogP contribution in [0.1, 0.15) is 0 Å². The van der Waals surface area contributed by atoms with Crippen LogP contribution in [0.3, 0.4) is 0 Å². The second-order valence-electron chi connectivity index (χ2n) is 14.4. The van der Waals surface area contributed by atoms with Crippen molar-refractivity contribution in [2.75, 3.05) is 0 Å². The van der Waals surface area contributed by atoms with Gasteiger partial charge in [0.1, 0.15) is 11.2 Å². The zero-order valence-electron chi connectivity index (χ0n) is 30.5. The zero-order valence-corrected chi connectivity index (χ0v) is 30.5. The van der Waals surface area contributed by atoms with Crippen molar-refractivity contribution in [3.63, 3.8) is 0 Å². The van der Waals surface area contributed by atoms with E-state index < -0.39 is 0 Å². The largest absolute Gasteiger partial charge is 0.456 e. The molecule has 12 aromatic rings. The van der Waals surface area contributed by atoms with E-state index in [1.807, 2.05) is 42.5 Å². The molecule has 0 bridgehead atoms. The molecule has 0 aliphatic heterocycles. The molecule has 4 heterocycles. The summed E-state index contributed by atoms with van der Waals surface area (Å²) < 4.78 is 11.3. The fourth-order valence-corrected chi connectivity index (χ4v) is 8.80. The van der Waals surface area contributed by atoms with Crippen molar-refractivity contribution in [3.8, 4) is 45.5 Å². The number of fused-ring (bicyclic) bond motifs is 9. The summed E-state index contributed by atoms with van der Waals surface area (Å²) in [6.07, 6.45) is 0. The van der Waals surface area contributed by atoms with Crippen molar-refractivity contribution in [3.05, 3.63) is 188 Å². The molecule has 12 rings (SSSR count). The van der Waals surface area contributed by atoms with Crippen molar-refractivity contribution in [2.45, 2.75) is 0 Å². The van der Waals surface area contributed by atoms with Gasteiger partial charge in [-0.3, -0.25) is 4.57 Å². The first-order valence-corrected chi connectivity index (χ1v) is 19.1. The van der Waals surface area contributed by atoms with E-state index in [0.717, 1.165) is 71.6 Å². The normalized spacial score (nSPS) is 11.9. The van der Waals surface area contributed by atoms with Gasteiger partial charge in [-0.15, -0.1) is 0 Å². The summed E-state index contributed by atoms with van der Waals surface area (Å²) in [5.74, 6) is 1.72. The highest BCUT2D eigenvalue weighted by atomic mass is 16.3. The average molecular weight is 730 g/mol. The average Bonchev–Trinajstić information content (AvgIpc) is 3.95. The van der Waals surface area contributed by atoms with Gasteiger partial charge in [-0.2, -0.15) is 9.97 Å². The van der Waals surface area contributed by atoms with Crippen molar-refractivity contribution >= 4 is 65.6 Å². The maximum atomic E-state index is 6.71. The Morgan fingerprint density at radius 2 is 0.860 bits per heavy atom. The highest BCUT2D eigenvalue weighted by molar-refractivity contribution is 6.20. The Morgan fingerprint density at radius 1 is 0.333 bits per heavy atom. The van der Waals surface area contributed by atoms with Crippen LogP contribution in [0.5, 0.6) is 0 Å². The molecule has 0 aliphatic carbocycles. The molecule has 0 unspecified atom stereocenters. The summed E-state index contributed by atoms with van der Waals surface area (Å²) >= 11 is 0. The van der Waals surface area contributed by atoms with Gasteiger partial charge in [-0.1, -0.05) is 146 Å². The molecule has 57 heavy (non-hydrogen) atoms. The Kier molecular flexibility index (Phi) is 6.83. The van der Waals surface area contributed by atoms with Crippen LogP contribution in [-0.2, 0) is 0 Å². The third-order valence-electron chi connectivity index (χ3n) is 11.2. The second kappa shape index (κ2) is 12.3. The van der Waals surface area contributed by atoms with Crippen LogP contribution in [0.2, 0.25) is 0 Å². The molecule has 0 N–H and O–H groups in total. The number of nitrogens with zero attached hydrogens (tertiary/aromatic N) is 5. The summed E-state index contributed by atoms with van der Waals surface area (Å²) in [6.45, 7) is 0. The Labute approximate surface area is 326 Å². The highest BCUT2D eigenvalue weighted by Crippen LogP contribution is 2.44. The number of rotatable bonds is 5. The molecule has 0 saturated heterocycles. The third kappa shape index (κ3) is 4.74. The number of benzene rings is 8. The molecule has 0 amide bonds. The molecule has 0 radical (unpaired) electrons. The molecule has 0 spiro atoms. The lowest BCUT2D eigenvalue weighted by Gasteiger charge is -2.13. The molecule has 266 valence electrons. The Hall–Kier alpha value is -7.83. The minimum absolute atomic E-state index is 0.553. The standard InChI is InChI=1S/C51H31N5O/c1-3-16-32(17-4-1)34-23-13-28-42-46(34)37-22-9-12-27-41(37)55(42)43-29-15-31-45-48(43)47-38(24-14-30-44(47)57-45)50-52-49(33-18-5-2-6-19-33)53-51(54-50)56-39-25-10-7-20-35(39)36-21-8-11-26-40(36)56/h1-31H. The Balaban J connectivity index is 1.17.